The molecule has 4 heteroatoms. The van der Waals surface area contributed by atoms with Crippen LogP contribution in [0.1, 0.15) is 17.5 Å². The van der Waals surface area contributed by atoms with E-state index in [1.54, 1.807) is 0 Å². The van der Waals surface area contributed by atoms with Crippen molar-refractivity contribution in [2.24, 2.45) is 11.7 Å². The number of hydrogen-bond acceptors (Lipinski definition) is 3. The molecule has 1 atom stereocenters. The molecule has 3 N–H and O–H groups in total. The van der Waals surface area contributed by atoms with Crippen LogP contribution in [0.3, 0.4) is 0 Å². The first-order chi connectivity index (χ1) is 9.31. The molecule has 0 saturated carbocycles. The van der Waals surface area contributed by atoms with Crippen molar-refractivity contribution in [1.82, 2.24) is 5.32 Å². The minimum Gasteiger partial charge on any atom is -0.352 e. The number of nitrogens with one attached hydrogen (secondary N) is 1. The smallest absolute Gasteiger partial charge is 0.224 e. The summed E-state index contributed by atoms with van der Waals surface area (Å²) in [4.78, 5) is 12.0. The van der Waals surface area contributed by atoms with Crippen molar-refractivity contribution in [3.8, 4) is 11.8 Å². The Hall–Kier alpha value is -1.44. The van der Waals surface area contributed by atoms with Gasteiger partial charge in [-0.1, -0.05) is 30.0 Å². The topological polar surface area (TPSA) is 55.1 Å². The van der Waals surface area contributed by atoms with E-state index in [1.165, 1.54) is 0 Å². The number of carbonyl (C=O) groups is 1. The van der Waals surface area contributed by atoms with Crippen molar-refractivity contribution in [1.29, 1.82) is 0 Å². The van der Waals surface area contributed by atoms with Gasteiger partial charge >= 0.3 is 0 Å². The first kappa shape index (κ1) is 14.0. The highest BCUT2D eigenvalue weighted by atomic mass is 32.2. The van der Waals surface area contributed by atoms with E-state index in [4.69, 9.17) is 5.73 Å². The molecule has 2 rings (SSSR count). The van der Waals surface area contributed by atoms with E-state index in [0.717, 1.165) is 29.1 Å². The number of hydrogen-bond donors (Lipinski definition) is 2. The predicted octanol–water partition coefficient (Wildman–Crippen LogP) is 1.37. The van der Waals surface area contributed by atoms with E-state index < -0.39 is 0 Å². The van der Waals surface area contributed by atoms with Crippen molar-refractivity contribution in [3.05, 3.63) is 35.4 Å². The molecular weight excluding hydrogens is 256 g/mol. The predicted molar refractivity (Wildman–Crippen MR) is 79.7 cm³/mol. The third-order valence-corrected chi connectivity index (χ3v) is 4.26. The van der Waals surface area contributed by atoms with Crippen molar-refractivity contribution in [2.45, 2.75) is 13.0 Å². The first-order valence-electron chi connectivity index (χ1n) is 6.43. The van der Waals surface area contributed by atoms with Gasteiger partial charge in [0.05, 0.1) is 6.54 Å². The molecule has 1 aliphatic rings. The second kappa shape index (κ2) is 7.22. The zero-order valence-electron chi connectivity index (χ0n) is 10.8. The molecule has 1 aromatic rings. The molecule has 100 valence electrons. The molecule has 0 radical (unpaired) electrons. The van der Waals surface area contributed by atoms with Crippen molar-refractivity contribution < 1.29 is 4.79 Å². The van der Waals surface area contributed by atoms with E-state index in [1.807, 2.05) is 36.0 Å². The van der Waals surface area contributed by atoms with Crippen LogP contribution in [-0.4, -0.2) is 24.0 Å². The maximum absolute atomic E-state index is 12.0. The number of nitrogens with two attached hydrogens (primary N) is 1. The monoisotopic (exact) mass is 274 g/mol. The number of benzene rings is 1. The van der Waals surface area contributed by atoms with Crippen LogP contribution in [0.15, 0.2) is 24.3 Å². The van der Waals surface area contributed by atoms with E-state index >= 15 is 0 Å². The Bertz CT molecular complexity index is 498. The minimum absolute atomic E-state index is 0.159. The van der Waals surface area contributed by atoms with E-state index in [0.29, 0.717) is 13.1 Å². The lowest BCUT2D eigenvalue weighted by Crippen LogP contribution is -2.30. The highest BCUT2D eigenvalue weighted by Crippen LogP contribution is 2.23. The van der Waals surface area contributed by atoms with E-state index in [9.17, 15) is 4.79 Å². The summed E-state index contributed by atoms with van der Waals surface area (Å²) in [7, 11) is 0. The molecule has 1 unspecified atom stereocenters. The number of carbonyl (C=O) groups excluding carboxylic acids is 1. The Balaban J connectivity index is 1.97. The van der Waals surface area contributed by atoms with Gasteiger partial charge in [-0.2, -0.15) is 11.8 Å². The van der Waals surface area contributed by atoms with Gasteiger partial charge in [-0.15, -0.1) is 0 Å². The van der Waals surface area contributed by atoms with Gasteiger partial charge in [0.15, 0.2) is 0 Å². The maximum Gasteiger partial charge on any atom is 0.224 e. The Morgan fingerprint density at radius 3 is 3.05 bits per heavy atom. The Morgan fingerprint density at radius 1 is 1.47 bits per heavy atom. The fraction of sp³-hybridized carbons (Fsp3) is 0.400. The molecular formula is C15H18N2OS. The molecule has 0 bridgehead atoms. The van der Waals surface area contributed by atoms with E-state index in [-0.39, 0.29) is 11.8 Å². The van der Waals surface area contributed by atoms with Crippen LogP contribution in [0.4, 0.5) is 0 Å². The molecule has 3 nitrogen and oxygen atoms in total. The molecule has 0 spiro atoms. The summed E-state index contributed by atoms with van der Waals surface area (Å²) in [5.41, 5.74) is 7.37. The van der Waals surface area contributed by atoms with Gasteiger partial charge in [0, 0.05) is 23.8 Å². The average molecular weight is 274 g/mol. The van der Waals surface area contributed by atoms with Crippen LogP contribution in [0, 0.1) is 17.8 Å². The summed E-state index contributed by atoms with van der Waals surface area (Å²) in [6, 6.07) is 7.85. The summed E-state index contributed by atoms with van der Waals surface area (Å²) < 4.78 is 0. The standard InChI is InChI=1S/C15H18N2OS/c16-8-3-6-12-4-1-2-5-13(12)10-17-15(18)14-7-9-19-11-14/h1-2,4-5,14H,7-11,16H2,(H,17,18). The van der Waals surface area contributed by atoms with E-state index in [2.05, 4.69) is 17.2 Å². The SMILES string of the molecule is NCC#Cc1ccccc1CNC(=O)C1CCSC1. The Kier molecular flexibility index (Phi) is 5.31. The van der Waals surface area contributed by atoms with Gasteiger partial charge in [0.1, 0.15) is 0 Å². The zero-order valence-corrected chi connectivity index (χ0v) is 11.6. The largest absolute Gasteiger partial charge is 0.352 e. The fourth-order valence-corrected chi connectivity index (χ4v) is 3.23. The van der Waals surface area contributed by atoms with Crippen molar-refractivity contribution >= 4 is 17.7 Å². The molecule has 1 fully saturated rings. The zero-order chi connectivity index (χ0) is 13.5. The first-order valence-corrected chi connectivity index (χ1v) is 7.59. The lowest BCUT2D eigenvalue weighted by molar-refractivity contribution is -0.124. The fourth-order valence-electron chi connectivity index (χ4n) is 2.01. The third kappa shape index (κ3) is 4.02. The highest BCUT2D eigenvalue weighted by Gasteiger charge is 2.22. The summed E-state index contributed by atoms with van der Waals surface area (Å²) in [5.74, 6) is 8.26. The Morgan fingerprint density at radius 2 is 2.32 bits per heavy atom. The van der Waals surface area contributed by atoms with Crippen LogP contribution in [0.25, 0.3) is 0 Å². The van der Waals surface area contributed by atoms with Gasteiger partial charge in [0.25, 0.3) is 0 Å². The summed E-state index contributed by atoms with van der Waals surface area (Å²) in [6.45, 7) is 0.884. The normalized spacial score (nSPS) is 17.6. The van der Waals surface area contributed by atoms with Crippen LogP contribution in [-0.2, 0) is 11.3 Å². The van der Waals surface area contributed by atoms with Crippen LogP contribution in [0.5, 0.6) is 0 Å². The maximum atomic E-state index is 12.0. The van der Waals surface area contributed by atoms with Crippen LogP contribution >= 0.6 is 11.8 Å². The quantitative estimate of drug-likeness (QED) is 0.819. The Labute approximate surface area is 118 Å². The molecule has 1 aliphatic heterocycles. The van der Waals surface area contributed by atoms with Gasteiger partial charge in [-0.05, 0) is 23.8 Å². The number of rotatable bonds is 3. The molecule has 0 aliphatic carbocycles. The van der Waals surface area contributed by atoms with Crippen LogP contribution in [0.2, 0.25) is 0 Å². The second-order valence-electron chi connectivity index (χ2n) is 4.44. The molecule has 0 aromatic heterocycles. The van der Waals surface area contributed by atoms with Gasteiger partial charge in [0.2, 0.25) is 5.91 Å². The lowest BCUT2D eigenvalue weighted by atomic mass is 10.1. The van der Waals surface area contributed by atoms with Gasteiger partial charge in [-0.25, -0.2) is 0 Å². The van der Waals surface area contributed by atoms with Crippen molar-refractivity contribution in [3.63, 3.8) is 0 Å². The number of thioether (sulfide) groups is 1. The third-order valence-electron chi connectivity index (χ3n) is 3.10. The highest BCUT2D eigenvalue weighted by molar-refractivity contribution is 7.99. The molecule has 1 amide bonds. The number of amides is 1. The molecule has 1 heterocycles. The summed E-state index contributed by atoms with van der Waals surface area (Å²) >= 11 is 1.85. The summed E-state index contributed by atoms with van der Waals surface area (Å²) in [5, 5.41) is 3.01. The van der Waals surface area contributed by atoms with Gasteiger partial charge in [-0.3, -0.25) is 4.79 Å². The average Bonchev–Trinajstić information content (AvgIpc) is 2.97. The summed E-state index contributed by atoms with van der Waals surface area (Å²) in [6.07, 6.45) is 0.991. The van der Waals surface area contributed by atoms with Crippen molar-refractivity contribution in [2.75, 3.05) is 18.1 Å². The molecule has 1 saturated heterocycles. The molecule has 19 heavy (non-hydrogen) atoms. The van der Waals surface area contributed by atoms with Crippen LogP contribution < -0.4 is 11.1 Å². The van der Waals surface area contributed by atoms with Gasteiger partial charge < -0.3 is 11.1 Å². The minimum atomic E-state index is 0.159. The lowest BCUT2D eigenvalue weighted by Gasteiger charge is -2.10. The second-order valence-corrected chi connectivity index (χ2v) is 5.59. The molecule has 1 aromatic carbocycles.